The molecule has 2 aromatic carbocycles. The molecule has 0 spiro atoms. The van der Waals surface area contributed by atoms with Gasteiger partial charge in [0.2, 0.25) is 10.0 Å². The highest BCUT2D eigenvalue weighted by molar-refractivity contribution is 9.11. The lowest BCUT2D eigenvalue weighted by Gasteiger charge is -2.08. The zero-order valence-corrected chi connectivity index (χ0v) is 17.5. The number of aryl methyl sites for hydroxylation is 1. The van der Waals surface area contributed by atoms with Crippen molar-refractivity contribution >= 4 is 58.6 Å². The van der Waals surface area contributed by atoms with Gasteiger partial charge in [-0.25, -0.2) is 13.6 Å². The molecule has 0 saturated carbocycles. The van der Waals surface area contributed by atoms with Gasteiger partial charge >= 0.3 is 0 Å². The van der Waals surface area contributed by atoms with Crippen LogP contribution in [-0.2, 0) is 16.4 Å². The molecule has 0 fully saturated rings. The summed E-state index contributed by atoms with van der Waals surface area (Å²) in [7, 11) is -3.85. The summed E-state index contributed by atoms with van der Waals surface area (Å²) in [5.41, 5.74) is 1.69. The minimum absolute atomic E-state index is 0.0467. The molecule has 26 heavy (non-hydrogen) atoms. The van der Waals surface area contributed by atoms with Gasteiger partial charge in [0.25, 0.3) is 0 Å². The van der Waals surface area contributed by atoms with E-state index in [1.807, 2.05) is 6.92 Å². The van der Waals surface area contributed by atoms with E-state index < -0.39 is 10.0 Å². The van der Waals surface area contributed by atoms with Gasteiger partial charge in [0.05, 0.1) is 19.6 Å². The first-order valence-electron chi connectivity index (χ1n) is 7.49. The van der Waals surface area contributed by atoms with E-state index in [9.17, 15) is 13.5 Å². The summed E-state index contributed by atoms with van der Waals surface area (Å²) in [6, 6.07) is 7.63. The largest absolute Gasteiger partial charge is 0.506 e. The topological polar surface area (TPSA) is 117 Å². The van der Waals surface area contributed by atoms with Crippen LogP contribution in [0.5, 0.6) is 5.75 Å². The fourth-order valence-corrected chi connectivity index (χ4v) is 4.40. The van der Waals surface area contributed by atoms with Crippen LogP contribution in [0.3, 0.4) is 0 Å². The third-order valence-corrected chi connectivity index (χ3v) is 6.06. The number of primary sulfonamides is 1. The Hall–Kier alpha value is -1.68. The predicted molar refractivity (Wildman–Crippen MR) is 106 cm³/mol. The van der Waals surface area contributed by atoms with Gasteiger partial charge in [-0.15, -0.1) is 0 Å². The minimum Gasteiger partial charge on any atom is -0.506 e. The molecular formula is C17H14Br2N2O4S. The standard InChI is InChI=1S/C17H14Br2N2O4S/c1-2-13-15(16(20)8-5-11(18)17(22)12(19)6-8)10-4-3-9(26(21,23)24)7-14(10)25-13/h3-7,20,22H,2H2,1H3,(H2,21,23,24). The van der Waals surface area contributed by atoms with Gasteiger partial charge in [-0.2, -0.15) is 0 Å². The van der Waals surface area contributed by atoms with Crippen LogP contribution in [-0.4, -0.2) is 19.2 Å². The van der Waals surface area contributed by atoms with E-state index in [0.717, 1.165) is 0 Å². The van der Waals surface area contributed by atoms with Gasteiger partial charge in [-0.05, 0) is 56.1 Å². The van der Waals surface area contributed by atoms with Gasteiger partial charge in [-0.3, -0.25) is 5.41 Å². The third kappa shape index (κ3) is 3.32. The summed E-state index contributed by atoms with van der Waals surface area (Å²) >= 11 is 6.53. The van der Waals surface area contributed by atoms with Crippen LogP contribution in [0.1, 0.15) is 23.8 Å². The van der Waals surface area contributed by atoms with Gasteiger partial charge in [0.1, 0.15) is 17.1 Å². The molecule has 0 amide bonds. The molecule has 0 radical (unpaired) electrons. The van der Waals surface area contributed by atoms with Crippen molar-refractivity contribution in [2.24, 2.45) is 5.14 Å². The van der Waals surface area contributed by atoms with Crippen molar-refractivity contribution in [1.29, 1.82) is 5.41 Å². The Morgan fingerprint density at radius 1 is 1.23 bits per heavy atom. The quantitative estimate of drug-likeness (QED) is 0.462. The van der Waals surface area contributed by atoms with Crippen molar-refractivity contribution in [2.75, 3.05) is 0 Å². The fraction of sp³-hybridized carbons (Fsp3) is 0.118. The Morgan fingerprint density at radius 3 is 2.38 bits per heavy atom. The summed E-state index contributed by atoms with van der Waals surface area (Å²) in [6.07, 6.45) is 0.525. The second kappa shape index (κ2) is 6.80. The van der Waals surface area contributed by atoms with Crippen LogP contribution in [0.15, 0.2) is 48.6 Å². The van der Waals surface area contributed by atoms with Crippen molar-refractivity contribution in [1.82, 2.24) is 0 Å². The molecule has 0 aliphatic carbocycles. The number of nitrogens with two attached hydrogens (primary N) is 1. The van der Waals surface area contributed by atoms with E-state index in [0.29, 0.717) is 43.2 Å². The molecule has 1 aromatic heterocycles. The molecule has 6 nitrogen and oxygen atoms in total. The summed E-state index contributed by atoms with van der Waals surface area (Å²) in [4.78, 5) is -0.0467. The smallest absolute Gasteiger partial charge is 0.238 e. The van der Waals surface area contributed by atoms with Crippen molar-refractivity contribution in [2.45, 2.75) is 18.2 Å². The highest BCUT2D eigenvalue weighted by Crippen LogP contribution is 2.36. The van der Waals surface area contributed by atoms with Gasteiger partial charge < -0.3 is 9.52 Å². The highest BCUT2D eigenvalue weighted by Gasteiger charge is 2.21. The maximum atomic E-state index is 11.6. The van der Waals surface area contributed by atoms with E-state index >= 15 is 0 Å². The van der Waals surface area contributed by atoms with E-state index in [4.69, 9.17) is 15.0 Å². The lowest BCUT2D eigenvalue weighted by molar-refractivity contribution is 0.468. The average Bonchev–Trinajstić information content (AvgIpc) is 2.95. The zero-order chi connectivity index (χ0) is 19.2. The Labute approximate surface area is 166 Å². The molecule has 1 heterocycles. The number of halogens is 2. The van der Waals surface area contributed by atoms with Gasteiger partial charge in [0.15, 0.2) is 0 Å². The Morgan fingerprint density at radius 2 is 1.85 bits per heavy atom. The molecule has 0 aliphatic rings. The normalized spacial score (nSPS) is 11.8. The number of aromatic hydroxyl groups is 1. The lowest BCUT2D eigenvalue weighted by Crippen LogP contribution is -2.11. The van der Waals surface area contributed by atoms with Crippen LogP contribution in [0, 0.1) is 5.41 Å². The second-order valence-electron chi connectivity index (χ2n) is 5.62. The summed E-state index contributed by atoms with van der Waals surface area (Å²) in [5, 5.41) is 24.3. The molecule has 3 rings (SSSR count). The van der Waals surface area contributed by atoms with Crippen molar-refractivity contribution in [3.05, 3.63) is 56.2 Å². The van der Waals surface area contributed by atoms with Crippen molar-refractivity contribution in [3.8, 4) is 5.75 Å². The van der Waals surface area contributed by atoms with Crippen LogP contribution < -0.4 is 5.14 Å². The average molecular weight is 502 g/mol. The monoisotopic (exact) mass is 500 g/mol. The summed E-state index contributed by atoms with van der Waals surface area (Å²) in [5.74, 6) is 0.615. The van der Waals surface area contributed by atoms with Crippen LogP contribution in [0.25, 0.3) is 11.0 Å². The molecule has 0 saturated heterocycles. The molecule has 136 valence electrons. The number of furan rings is 1. The molecule has 0 atom stereocenters. The van der Waals surface area contributed by atoms with Gasteiger partial charge in [-0.1, -0.05) is 6.92 Å². The number of nitrogens with one attached hydrogen (secondary N) is 1. The van der Waals surface area contributed by atoms with E-state index in [2.05, 4.69) is 31.9 Å². The molecule has 0 aliphatic heterocycles. The molecular weight excluding hydrogens is 488 g/mol. The molecule has 4 N–H and O–H groups in total. The Bertz CT molecular complexity index is 1130. The number of hydrogen-bond donors (Lipinski definition) is 3. The fourth-order valence-electron chi connectivity index (χ4n) is 2.68. The first-order chi connectivity index (χ1) is 12.1. The zero-order valence-electron chi connectivity index (χ0n) is 13.5. The van der Waals surface area contributed by atoms with E-state index in [1.54, 1.807) is 18.2 Å². The molecule has 9 heteroatoms. The summed E-state index contributed by atoms with van der Waals surface area (Å²) < 4.78 is 29.8. The van der Waals surface area contributed by atoms with Crippen LogP contribution >= 0.6 is 31.9 Å². The number of rotatable bonds is 4. The number of hydrogen-bond acceptors (Lipinski definition) is 5. The van der Waals surface area contributed by atoms with E-state index in [1.165, 1.54) is 12.1 Å². The SMILES string of the molecule is CCc1oc2cc(S(N)(=O)=O)ccc2c1C(=N)c1cc(Br)c(O)c(Br)c1. The number of sulfonamides is 1. The Balaban J connectivity index is 2.22. The minimum atomic E-state index is -3.85. The first-order valence-corrected chi connectivity index (χ1v) is 10.6. The predicted octanol–water partition coefficient (Wildman–Crippen LogP) is 4.29. The maximum absolute atomic E-state index is 11.6. The van der Waals surface area contributed by atoms with Crippen LogP contribution in [0.2, 0.25) is 0 Å². The molecule has 0 bridgehead atoms. The van der Waals surface area contributed by atoms with Gasteiger partial charge in [0, 0.05) is 29.0 Å². The number of phenols is 1. The highest BCUT2D eigenvalue weighted by atomic mass is 79.9. The van der Waals surface area contributed by atoms with E-state index in [-0.39, 0.29) is 16.4 Å². The Kier molecular flexibility index (Phi) is 5.00. The number of fused-ring (bicyclic) bond motifs is 1. The third-order valence-electron chi connectivity index (χ3n) is 3.94. The summed E-state index contributed by atoms with van der Waals surface area (Å²) in [6.45, 7) is 1.89. The maximum Gasteiger partial charge on any atom is 0.238 e. The van der Waals surface area contributed by atoms with Crippen molar-refractivity contribution in [3.63, 3.8) is 0 Å². The van der Waals surface area contributed by atoms with Crippen LogP contribution in [0.4, 0.5) is 0 Å². The molecule has 0 unspecified atom stereocenters. The lowest BCUT2D eigenvalue weighted by atomic mass is 9.98. The molecule has 3 aromatic rings. The van der Waals surface area contributed by atoms with Crippen molar-refractivity contribution < 1.29 is 17.9 Å². The number of benzene rings is 2. The second-order valence-corrected chi connectivity index (χ2v) is 8.89. The number of phenolic OH excluding ortho intramolecular Hbond substituents is 1. The first kappa shape index (κ1) is 19.1.